The summed E-state index contributed by atoms with van der Waals surface area (Å²) in [6, 6.07) is 7.45. The smallest absolute Gasteiger partial charge is 0.166 e. The molecule has 0 amide bonds. The molecule has 0 heterocycles. The van der Waals surface area contributed by atoms with Crippen molar-refractivity contribution in [3.63, 3.8) is 0 Å². The van der Waals surface area contributed by atoms with Gasteiger partial charge in [-0.1, -0.05) is 41.6 Å². The second-order valence-corrected chi connectivity index (χ2v) is 5.39. The van der Waals surface area contributed by atoms with Gasteiger partial charge >= 0.3 is 0 Å². The van der Waals surface area contributed by atoms with Gasteiger partial charge in [-0.25, -0.2) is 0 Å². The van der Waals surface area contributed by atoms with Crippen molar-refractivity contribution in [2.45, 2.75) is 25.2 Å². The van der Waals surface area contributed by atoms with Crippen LogP contribution in [0.2, 0.25) is 5.02 Å². The largest absolute Gasteiger partial charge is 0.294 e. The summed E-state index contributed by atoms with van der Waals surface area (Å²) in [4.78, 5) is 13.2. The molecule has 17 heavy (non-hydrogen) atoms. The second kappa shape index (κ2) is 6.67. The van der Waals surface area contributed by atoms with E-state index < -0.39 is 0 Å². The lowest BCUT2D eigenvalue weighted by Crippen LogP contribution is -1.92. The second-order valence-electron chi connectivity index (χ2n) is 3.84. The van der Waals surface area contributed by atoms with Gasteiger partial charge in [-0.05, 0) is 44.5 Å². The quantitative estimate of drug-likeness (QED) is 0.430. The first kappa shape index (κ1) is 14.1. The molecule has 0 aliphatic carbocycles. The fraction of sp³-hybridized carbons (Fsp3) is 0.214. The molecule has 1 nitrogen and oxygen atoms in total. The summed E-state index contributed by atoms with van der Waals surface area (Å²) in [6.07, 6.45) is 2.65. The fourth-order valence-corrected chi connectivity index (χ4v) is 2.12. The molecule has 0 spiro atoms. The minimum absolute atomic E-state index is 0.0752. The lowest BCUT2D eigenvalue weighted by molar-refractivity contribution is -0.112. The molecule has 90 valence electrons. The van der Waals surface area contributed by atoms with Gasteiger partial charge in [0, 0.05) is 9.92 Å². The zero-order chi connectivity index (χ0) is 12.8. The lowest BCUT2D eigenvalue weighted by Gasteiger charge is -2.04. The van der Waals surface area contributed by atoms with Gasteiger partial charge in [0.1, 0.15) is 0 Å². The molecule has 0 atom stereocenters. The normalized spacial score (nSPS) is 11.4. The molecule has 0 aliphatic rings. The van der Waals surface area contributed by atoms with Crippen LogP contribution in [0.3, 0.4) is 0 Å². The van der Waals surface area contributed by atoms with Gasteiger partial charge in [0.05, 0.1) is 4.91 Å². The summed E-state index contributed by atoms with van der Waals surface area (Å²) in [6.45, 7) is 7.34. The van der Waals surface area contributed by atoms with E-state index in [9.17, 15) is 4.79 Å². The molecule has 1 aromatic carbocycles. The maximum absolute atomic E-state index is 11.5. The van der Waals surface area contributed by atoms with Crippen LogP contribution in [0.1, 0.15) is 20.3 Å². The standard InChI is InChI=1S/C14H15ClOS/c1-10(2)4-9-14(11(3)16)17-13-7-5-12(15)6-8-13/h5-9H,1,4H2,2-3H3/b14-9-. The number of carbonyl (C=O) groups is 1. The van der Waals surface area contributed by atoms with Crippen LogP contribution in [0.4, 0.5) is 0 Å². The third-order valence-corrected chi connectivity index (χ3v) is 3.46. The number of hydrogen-bond donors (Lipinski definition) is 0. The predicted molar refractivity (Wildman–Crippen MR) is 75.5 cm³/mol. The van der Waals surface area contributed by atoms with Crippen LogP contribution in [0.5, 0.6) is 0 Å². The van der Waals surface area contributed by atoms with E-state index in [0.717, 1.165) is 21.8 Å². The number of carbonyl (C=O) groups excluding carboxylic acids is 1. The molecule has 0 aromatic heterocycles. The summed E-state index contributed by atoms with van der Waals surface area (Å²) >= 11 is 7.27. The van der Waals surface area contributed by atoms with E-state index in [0.29, 0.717) is 5.02 Å². The number of Topliss-reactive ketones (excluding diaryl/α,β-unsaturated/α-hetero) is 1. The van der Waals surface area contributed by atoms with Crippen LogP contribution in [0.25, 0.3) is 0 Å². The molecule has 3 heteroatoms. The van der Waals surface area contributed by atoms with Gasteiger partial charge in [0.2, 0.25) is 0 Å². The maximum atomic E-state index is 11.5. The SMILES string of the molecule is C=C(C)C/C=C(\Sc1ccc(Cl)cc1)C(C)=O. The van der Waals surface area contributed by atoms with E-state index in [4.69, 9.17) is 11.6 Å². The zero-order valence-electron chi connectivity index (χ0n) is 10.00. The highest BCUT2D eigenvalue weighted by atomic mass is 35.5. The minimum Gasteiger partial charge on any atom is -0.294 e. The number of allylic oxidation sites excluding steroid dienone is 3. The molecule has 0 N–H and O–H groups in total. The summed E-state index contributed by atoms with van der Waals surface area (Å²) in [5.41, 5.74) is 1.04. The first-order valence-electron chi connectivity index (χ1n) is 5.28. The molecular formula is C14H15ClOS. The van der Waals surface area contributed by atoms with Crippen molar-refractivity contribution in [2.75, 3.05) is 0 Å². The van der Waals surface area contributed by atoms with Crippen molar-refractivity contribution in [1.82, 2.24) is 0 Å². The van der Waals surface area contributed by atoms with Crippen LogP contribution >= 0.6 is 23.4 Å². The van der Waals surface area contributed by atoms with Crippen molar-refractivity contribution in [2.24, 2.45) is 0 Å². The zero-order valence-corrected chi connectivity index (χ0v) is 11.6. The lowest BCUT2D eigenvalue weighted by atomic mass is 10.2. The average Bonchev–Trinajstić information content (AvgIpc) is 2.26. The van der Waals surface area contributed by atoms with E-state index in [1.54, 1.807) is 6.92 Å². The number of thioether (sulfide) groups is 1. The Hall–Kier alpha value is -0.990. The van der Waals surface area contributed by atoms with Crippen LogP contribution in [-0.4, -0.2) is 5.78 Å². The van der Waals surface area contributed by atoms with Gasteiger partial charge in [0.15, 0.2) is 5.78 Å². The van der Waals surface area contributed by atoms with E-state index in [1.807, 2.05) is 37.3 Å². The Morgan fingerprint density at radius 3 is 2.41 bits per heavy atom. The van der Waals surface area contributed by atoms with E-state index in [2.05, 4.69) is 6.58 Å². The van der Waals surface area contributed by atoms with E-state index in [-0.39, 0.29) is 5.78 Å². The van der Waals surface area contributed by atoms with Crippen molar-refractivity contribution in [1.29, 1.82) is 0 Å². The topological polar surface area (TPSA) is 17.1 Å². The van der Waals surface area contributed by atoms with Crippen molar-refractivity contribution < 1.29 is 4.79 Å². The molecule has 0 fully saturated rings. The number of hydrogen-bond acceptors (Lipinski definition) is 2. The van der Waals surface area contributed by atoms with Crippen LogP contribution < -0.4 is 0 Å². The molecule has 0 saturated heterocycles. The molecule has 0 saturated carbocycles. The van der Waals surface area contributed by atoms with Crippen LogP contribution in [-0.2, 0) is 4.79 Å². The molecule has 1 rings (SSSR count). The van der Waals surface area contributed by atoms with Gasteiger partial charge < -0.3 is 0 Å². The Morgan fingerprint density at radius 2 is 1.94 bits per heavy atom. The van der Waals surface area contributed by atoms with Gasteiger partial charge in [-0.2, -0.15) is 0 Å². The molecule has 0 unspecified atom stereocenters. The molecule has 0 radical (unpaired) electrons. The Morgan fingerprint density at radius 1 is 1.35 bits per heavy atom. The maximum Gasteiger partial charge on any atom is 0.166 e. The third-order valence-electron chi connectivity index (χ3n) is 2.02. The molecular weight excluding hydrogens is 252 g/mol. The number of halogens is 1. The predicted octanol–water partition coefficient (Wildman–Crippen LogP) is 4.87. The number of ketones is 1. The van der Waals surface area contributed by atoms with Crippen molar-refractivity contribution in [3.05, 3.63) is 52.4 Å². The molecule has 0 aliphatic heterocycles. The summed E-state index contributed by atoms with van der Waals surface area (Å²) in [5.74, 6) is 0.0752. The summed E-state index contributed by atoms with van der Waals surface area (Å²) < 4.78 is 0. The Kier molecular flexibility index (Phi) is 5.52. The van der Waals surface area contributed by atoms with Gasteiger partial charge in [0.25, 0.3) is 0 Å². The fourth-order valence-electron chi connectivity index (χ4n) is 1.15. The van der Waals surface area contributed by atoms with Gasteiger partial charge in [-0.3, -0.25) is 4.79 Å². The third kappa shape index (κ3) is 5.24. The van der Waals surface area contributed by atoms with E-state index in [1.165, 1.54) is 11.8 Å². The average molecular weight is 267 g/mol. The number of benzene rings is 1. The molecule has 1 aromatic rings. The Balaban J connectivity index is 2.80. The summed E-state index contributed by atoms with van der Waals surface area (Å²) in [5, 5.41) is 0.699. The highest BCUT2D eigenvalue weighted by Gasteiger charge is 2.06. The van der Waals surface area contributed by atoms with Crippen LogP contribution in [0.15, 0.2) is 52.3 Å². The van der Waals surface area contributed by atoms with E-state index >= 15 is 0 Å². The minimum atomic E-state index is 0.0752. The van der Waals surface area contributed by atoms with Crippen LogP contribution in [0, 0.1) is 0 Å². The van der Waals surface area contributed by atoms with Crippen molar-refractivity contribution >= 4 is 29.1 Å². The highest BCUT2D eigenvalue weighted by molar-refractivity contribution is 8.04. The Labute approximate surface area is 112 Å². The van der Waals surface area contributed by atoms with Crippen molar-refractivity contribution in [3.8, 4) is 0 Å². The Bertz CT molecular complexity index is 446. The number of rotatable bonds is 5. The first-order valence-corrected chi connectivity index (χ1v) is 6.47. The highest BCUT2D eigenvalue weighted by Crippen LogP contribution is 2.28. The monoisotopic (exact) mass is 266 g/mol. The van der Waals surface area contributed by atoms with Gasteiger partial charge in [-0.15, -0.1) is 0 Å². The first-order chi connectivity index (χ1) is 7.99. The molecule has 0 bridgehead atoms. The summed E-state index contributed by atoms with van der Waals surface area (Å²) in [7, 11) is 0.